The van der Waals surface area contributed by atoms with Crippen LogP contribution in [0.15, 0.2) is 117 Å². The standard InChI is InChI=1S/C36H28N2O/c1-5-9-19-33-25(8-4)29-21-20-23(39)22-32(29)36-37-34-30(14-6-2)24(7-3)26-15-10-11-16-27(26)28-17-12-13-18-31(28)35(34)38(33)36/h5-22,39H,1,3-4H2,2H3/b14-6-,19-9-,26-24?,28-27?,30-24-,34-30?,35-31?. The van der Waals surface area contributed by atoms with Crippen LogP contribution in [-0.4, -0.2) is 14.5 Å². The van der Waals surface area contributed by atoms with Crippen molar-refractivity contribution in [3.63, 3.8) is 0 Å². The smallest absolute Gasteiger partial charge is 0.146 e. The van der Waals surface area contributed by atoms with Gasteiger partial charge in [-0.05, 0) is 58.8 Å². The van der Waals surface area contributed by atoms with Gasteiger partial charge in [0.15, 0.2) is 0 Å². The number of allylic oxidation sites excluding steroid dienone is 7. The van der Waals surface area contributed by atoms with Gasteiger partial charge in [0.2, 0.25) is 0 Å². The molecule has 0 unspecified atom stereocenters. The Morgan fingerprint density at radius 3 is 2.13 bits per heavy atom. The second kappa shape index (κ2) is 9.62. The lowest BCUT2D eigenvalue weighted by Gasteiger charge is -2.21. The highest BCUT2D eigenvalue weighted by Gasteiger charge is 2.28. The third-order valence-electron chi connectivity index (χ3n) is 7.30. The second-order valence-corrected chi connectivity index (χ2v) is 9.42. The van der Waals surface area contributed by atoms with Gasteiger partial charge in [-0.15, -0.1) is 0 Å². The first kappa shape index (κ1) is 24.2. The number of phenolic OH excluding ortho intramolecular Hbond substituents is 1. The first-order chi connectivity index (χ1) is 19.1. The minimum Gasteiger partial charge on any atom is -0.508 e. The van der Waals surface area contributed by atoms with Crippen molar-refractivity contribution < 1.29 is 5.11 Å². The monoisotopic (exact) mass is 504 g/mol. The largest absolute Gasteiger partial charge is 0.508 e. The molecule has 0 amide bonds. The summed E-state index contributed by atoms with van der Waals surface area (Å²) in [5.41, 5.74) is 10.9. The summed E-state index contributed by atoms with van der Waals surface area (Å²) in [5.74, 6) is 0.188. The molecule has 0 saturated carbocycles. The fraction of sp³-hybridized carbons (Fsp3) is 0.0278. The molecule has 3 heteroatoms. The highest BCUT2D eigenvalue weighted by Crippen LogP contribution is 2.46. The van der Waals surface area contributed by atoms with Crippen LogP contribution in [0.3, 0.4) is 0 Å². The summed E-state index contributed by atoms with van der Waals surface area (Å²) in [4.78, 5) is 5.34. The minimum atomic E-state index is 0.188. The summed E-state index contributed by atoms with van der Waals surface area (Å²) < 4.78 is 2.20. The fourth-order valence-corrected chi connectivity index (χ4v) is 5.73. The van der Waals surface area contributed by atoms with Gasteiger partial charge in [0.25, 0.3) is 0 Å². The van der Waals surface area contributed by atoms with Gasteiger partial charge in [-0.3, -0.25) is 4.40 Å². The summed E-state index contributed by atoms with van der Waals surface area (Å²) in [6.07, 6.45) is 13.7. The molecule has 0 atom stereocenters. The van der Waals surface area contributed by atoms with E-state index in [0.29, 0.717) is 0 Å². The Kier molecular flexibility index (Phi) is 5.97. The average molecular weight is 505 g/mol. The summed E-state index contributed by atoms with van der Waals surface area (Å²) in [5, 5.41) is 12.3. The zero-order valence-electron chi connectivity index (χ0n) is 21.9. The SMILES string of the molecule is C=C/C=C\c1c(C=C)c2ccc(O)cc2c2nc3c(n12)-c1ccccc1-c1ccccc1/C(C=C)=C3/C=C\C. The molecule has 1 aliphatic rings. The van der Waals surface area contributed by atoms with Crippen LogP contribution in [0.2, 0.25) is 0 Å². The third kappa shape index (κ3) is 3.63. The number of hydrogen-bond donors (Lipinski definition) is 1. The van der Waals surface area contributed by atoms with Gasteiger partial charge in [0.1, 0.15) is 11.4 Å². The lowest BCUT2D eigenvalue weighted by molar-refractivity contribution is 0.476. The van der Waals surface area contributed by atoms with E-state index in [-0.39, 0.29) is 5.75 Å². The van der Waals surface area contributed by atoms with Crippen molar-refractivity contribution in [3.8, 4) is 28.1 Å². The predicted octanol–water partition coefficient (Wildman–Crippen LogP) is 9.36. The molecular weight excluding hydrogens is 476 g/mol. The molecule has 0 fully saturated rings. The van der Waals surface area contributed by atoms with E-state index in [0.717, 1.165) is 72.5 Å². The Balaban J connectivity index is 1.96. The number of benzene rings is 3. The first-order valence-electron chi connectivity index (χ1n) is 12.9. The number of fused-ring (bicyclic) bond motifs is 9. The van der Waals surface area contributed by atoms with Crippen LogP contribution in [0.5, 0.6) is 5.75 Å². The van der Waals surface area contributed by atoms with Crippen molar-refractivity contribution in [2.45, 2.75) is 6.92 Å². The average Bonchev–Trinajstić information content (AvgIpc) is 3.35. The van der Waals surface area contributed by atoms with E-state index < -0.39 is 0 Å². The van der Waals surface area contributed by atoms with Crippen LogP contribution < -0.4 is 0 Å². The van der Waals surface area contributed by atoms with Crippen molar-refractivity contribution >= 4 is 39.7 Å². The normalized spacial score (nSPS) is 14.7. The van der Waals surface area contributed by atoms with Crippen LogP contribution in [0.25, 0.3) is 62.1 Å². The number of rotatable bonds is 5. The quantitative estimate of drug-likeness (QED) is 0.242. The molecular formula is C36H28N2O. The van der Waals surface area contributed by atoms with Gasteiger partial charge >= 0.3 is 0 Å². The number of imidazole rings is 1. The molecule has 3 nitrogen and oxygen atoms in total. The summed E-state index contributed by atoms with van der Waals surface area (Å²) in [6.45, 7) is 14.3. The van der Waals surface area contributed by atoms with Gasteiger partial charge in [0.05, 0.1) is 17.1 Å². The molecule has 1 aliphatic carbocycles. The Hall–Kier alpha value is -5.15. The van der Waals surface area contributed by atoms with Crippen molar-refractivity contribution in [1.29, 1.82) is 0 Å². The molecule has 3 aromatic carbocycles. The minimum absolute atomic E-state index is 0.188. The highest BCUT2D eigenvalue weighted by molar-refractivity contribution is 6.10. The Morgan fingerprint density at radius 1 is 0.769 bits per heavy atom. The zero-order valence-corrected chi connectivity index (χ0v) is 21.9. The van der Waals surface area contributed by atoms with Gasteiger partial charge in [-0.25, -0.2) is 4.98 Å². The van der Waals surface area contributed by atoms with Gasteiger partial charge in [0, 0.05) is 22.1 Å². The molecule has 2 heterocycles. The fourth-order valence-electron chi connectivity index (χ4n) is 5.73. The number of aromatic hydroxyl groups is 1. The Labute approximate surface area is 228 Å². The van der Waals surface area contributed by atoms with Gasteiger partial charge < -0.3 is 5.11 Å². The van der Waals surface area contributed by atoms with Crippen LogP contribution in [0.4, 0.5) is 0 Å². The molecule has 0 saturated heterocycles. The molecule has 5 aromatic rings. The molecule has 2 aromatic heterocycles. The Bertz CT molecular complexity index is 1930. The third-order valence-corrected chi connectivity index (χ3v) is 7.30. The zero-order chi connectivity index (χ0) is 27.1. The lowest BCUT2D eigenvalue weighted by atomic mass is 9.84. The molecule has 0 radical (unpaired) electrons. The van der Waals surface area contributed by atoms with E-state index in [9.17, 15) is 5.11 Å². The maximum absolute atomic E-state index is 10.5. The molecule has 39 heavy (non-hydrogen) atoms. The van der Waals surface area contributed by atoms with Crippen LogP contribution in [-0.2, 0) is 0 Å². The second-order valence-electron chi connectivity index (χ2n) is 9.42. The van der Waals surface area contributed by atoms with Crippen molar-refractivity contribution in [1.82, 2.24) is 9.38 Å². The molecule has 0 spiro atoms. The summed E-state index contributed by atoms with van der Waals surface area (Å²) >= 11 is 0. The van der Waals surface area contributed by atoms with Gasteiger partial charge in [-0.1, -0.05) is 105 Å². The van der Waals surface area contributed by atoms with E-state index in [4.69, 9.17) is 4.98 Å². The molecule has 0 aliphatic heterocycles. The number of hydrogen-bond acceptors (Lipinski definition) is 2. The van der Waals surface area contributed by atoms with Crippen molar-refractivity contribution in [3.05, 3.63) is 139 Å². The molecule has 0 bridgehead atoms. The van der Waals surface area contributed by atoms with Crippen LogP contribution in [0, 0.1) is 0 Å². The maximum Gasteiger partial charge on any atom is 0.146 e. The summed E-state index contributed by atoms with van der Waals surface area (Å²) in [7, 11) is 0. The van der Waals surface area contributed by atoms with Gasteiger partial charge in [-0.2, -0.15) is 0 Å². The first-order valence-corrected chi connectivity index (χ1v) is 12.9. The van der Waals surface area contributed by atoms with E-state index in [1.807, 2.05) is 43.4 Å². The predicted molar refractivity (Wildman–Crippen MR) is 166 cm³/mol. The van der Waals surface area contributed by atoms with E-state index >= 15 is 0 Å². The maximum atomic E-state index is 10.5. The number of aromatic nitrogens is 2. The van der Waals surface area contributed by atoms with Crippen LogP contribution >= 0.6 is 0 Å². The number of phenols is 1. The number of nitrogens with zero attached hydrogens (tertiary/aromatic N) is 2. The topological polar surface area (TPSA) is 37.5 Å². The highest BCUT2D eigenvalue weighted by atomic mass is 16.3. The number of pyridine rings is 1. The Morgan fingerprint density at radius 2 is 1.46 bits per heavy atom. The summed E-state index contributed by atoms with van der Waals surface area (Å²) in [6, 6.07) is 22.3. The van der Waals surface area contributed by atoms with E-state index in [1.165, 1.54) is 0 Å². The van der Waals surface area contributed by atoms with E-state index in [2.05, 4.69) is 78.7 Å². The lowest BCUT2D eigenvalue weighted by Crippen LogP contribution is -2.03. The molecule has 1 N–H and O–H groups in total. The van der Waals surface area contributed by atoms with Crippen molar-refractivity contribution in [2.24, 2.45) is 0 Å². The van der Waals surface area contributed by atoms with Crippen molar-refractivity contribution in [2.75, 3.05) is 0 Å². The molecule has 188 valence electrons. The van der Waals surface area contributed by atoms with Crippen LogP contribution in [0.1, 0.15) is 29.4 Å². The van der Waals surface area contributed by atoms with E-state index in [1.54, 1.807) is 18.2 Å². The molecule has 6 rings (SSSR count).